The number of halogens is 1. The van der Waals surface area contributed by atoms with Crippen LogP contribution in [0.25, 0.3) is 16.8 Å². The topological polar surface area (TPSA) is 24.9 Å². The van der Waals surface area contributed by atoms with Crippen molar-refractivity contribution >= 4 is 38.5 Å². The lowest BCUT2D eigenvalue weighted by Gasteiger charge is -2.39. The fraction of sp³-hybridized carbons (Fsp3) is 0.294. The fourth-order valence-electron chi connectivity index (χ4n) is 5.87. The first-order valence-corrected chi connectivity index (χ1v) is 14.7. The number of ether oxygens (including phenoxy) is 2. The normalized spacial score (nSPS) is 19.1. The molecule has 0 aliphatic carbocycles. The van der Waals surface area contributed by atoms with Gasteiger partial charge in [0.1, 0.15) is 11.5 Å². The molecule has 2 heterocycles. The molecule has 1 fully saturated rings. The Morgan fingerprint density at radius 3 is 2.18 bits per heavy atom. The number of nitrogens with zero attached hydrogens (tertiary/aromatic N) is 2. The van der Waals surface area contributed by atoms with Crippen molar-refractivity contribution < 1.29 is 9.47 Å². The lowest BCUT2D eigenvalue weighted by atomic mass is 9.82. The molecule has 2 aliphatic rings. The van der Waals surface area contributed by atoms with Gasteiger partial charge in [-0.25, -0.2) is 0 Å². The van der Waals surface area contributed by atoms with Crippen LogP contribution < -0.4 is 14.4 Å². The maximum absolute atomic E-state index is 7.24. The molecule has 0 spiro atoms. The van der Waals surface area contributed by atoms with Crippen molar-refractivity contribution in [1.29, 1.82) is 0 Å². The average Bonchev–Trinajstić information content (AvgIpc) is 2.97. The van der Waals surface area contributed by atoms with Gasteiger partial charge in [0.2, 0.25) is 0 Å². The van der Waals surface area contributed by atoms with E-state index in [0.717, 1.165) is 65.1 Å². The maximum atomic E-state index is 7.24. The van der Waals surface area contributed by atoms with Crippen LogP contribution in [0.5, 0.6) is 11.5 Å². The van der Waals surface area contributed by atoms with E-state index in [1.807, 2.05) is 0 Å². The van der Waals surface area contributed by atoms with Crippen molar-refractivity contribution in [2.24, 2.45) is 0 Å². The van der Waals surface area contributed by atoms with E-state index in [0.29, 0.717) is 6.61 Å². The van der Waals surface area contributed by atoms with Crippen molar-refractivity contribution in [1.82, 2.24) is 4.90 Å². The second-order valence-corrected chi connectivity index (χ2v) is 11.5. The molecule has 2 aliphatic heterocycles. The molecule has 0 radical (unpaired) electrons. The van der Waals surface area contributed by atoms with Gasteiger partial charge >= 0.3 is 0 Å². The number of likely N-dealkylation sites (N-methyl/N-ethyl adjacent to an activating group) is 1. The number of piperazine rings is 1. The van der Waals surface area contributed by atoms with Crippen molar-refractivity contribution in [3.63, 3.8) is 0 Å². The summed E-state index contributed by atoms with van der Waals surface area (Å²) in [5.74, 6) is 1.82. The highest BCUT2D eigenvalue weighted by Crippen LogP contribution is 2.49. The van der Waals surface area contributed by atoms with Gasteiger partial charge < -0.3 is 19.3 Å². The third kappa shape index (κ3) is 4.72. The van der Waals surface area contributed by atoms with Gasteiger partial charge in [0.15, 0.2) is 5.60 Å². The fourth-order valence-corrected chi connectivity index (χ4v) is 6.13. The second kappa shape index (κ2) is 10.7. The van der Waals surface area contributed by atoms with Crippen molar-refractivity contribution in [2.45, 2.75) is 25.9 Å². The van der Waals surface area contributed by atoms with Gasteiger partial charge in [0.05, 0.1) is 6.61 Å². The lowest BCUT2D eigenvalue weighted by molar-refractivity contribution is 0.163. The van der Waals surface area contributed by atoms with Gasteiger partial charge in [-0.2, -0.15) is 0 Å². The Labute approximate surface area is 240 Å². The summed E-state index contributed by atoms with van der Waals surface area (Å²) in [6.07, 6.45) is 5.50. The minimum atomic E-state index is -0.762. The van der Waals surface area contributed by atoms with Crippen LogP contribution in [0.3, 0.4) is 0 Å². The number of benzene rings is 4. The molecule has 0 bridgehead atoms. The highest BCUT2D eigenvalue weighted by Gasteiger charge is 2.39. The van der Waals surface area contributed by atoms with Crippen LogP contribution in [0.2, 0.25) is 0 Å². The number of rotatable bonds is 6. The van der Waals surface area contributed by atoms with Crippen molar-refractivity contribution in [2.75, 3.05) is 44.7 Å². The van der Waals surface area contributed by atoms with Gasteiger partial charge in [-0.15, -0.1) is 0 Å². The number of anilines is 1. The summed E-state index contributed by atoms with van der Waals surface area (Å²) >= 11 is 3.61. The number of hydrogen-bond donors (Lipinski definition) is 0. The predicted molar refractivity (Wildman–Crippen MR) is 165 cm³/mol. The zero-order valence-corrected chi connectivity index (χ0v) is 24.5. The molecule has 5 heteroatoms. The Kier molecular flexibility index (Phi) is 7.13. The smallest absolute Gasteiger partial charge is 0.178 e. The number of fused-ring (bicyclic) bond motifs is 3. The summed E-state index contributed by atoms with van der Waals surface area (Å²) in [4.78, 5) is 4.96. The monoisotopic (exact) mass is 582 g/mol. The average molecular weight is 584 g/mol. The molecule has 1 unspecified atom stereocenters. The van der Waals surface area contributed by atoms with Crippen LogP contribution >= 0.6 is 15.9 Å². The largest absolute Gasteiger partial charge is 0.494 e. The van der Waals surface area contributed by atoms with Crippen LogP contribution in [-0.2, 0) is 5.60 Å². The van der Waals surface area contributed by atoms with E-state index in [4.69, 9.17) is 9.47 Å². The molecule has 4 nitrogen and oxygen atoms in total. The van der Waals surface area contributed by atoms with Gasteiger partial charge in [0.25, 0.3) is 0 Å². The molecular formula is C34H35BrN2O2. The van der Waals surface area contributed by atoms with Crippen LogP contribution in [0.1, 0.15) is 35.6 Å². The first kappa shape index (κ1) is 26.0. The van der Waals surface area contributed by atoms with Crippen LogP contribution in [0.4, 0.5) is 5.69 Å². The Bertz CT molecular complexity index is 1510. The van der Waals surface area contributed by atoms with Crippen LogP contribution in [-0.4, -0.2) is 44.7 Å². The zero-order chi connectivity index (χ0) is 27.0. The predicted octanol–water partition coefficient (Wildman–Crippen LogP) is 7.80. The molecular weight excluding hydrogens is 548 g/mol. The summed E-state index contributed by atoms with van der Waals surface area (Å²) in [7, 11) is 2.20. The highest BCUT2D eigenvalue weighted by molar-refractivity contribution is 9.10. The first-order valence-electron chi connectivity index (χ1n) is 13.9. The van der Waals surface area contributed by atoms with Crippen molar-refractivity contribution in [3.05, 3.63) is 106 Å². The van der Waals surface area contributed by atoms with Gasteiger partial charge in [-0.05, 0) is 56.3 Å². The molecule has 6 rings (SSSR count). The van der Waals surface area contributed by atoms with Crippen LogP contribution in [0, 0.1) is 6.92 Å². The number of hydrogen-bond acceptors (Lipinski definition) is 4. The minimum absolute atomic E-state index is 0.710. The molecule has 39 heavy (non-hydrogen) atoms. The third-order valence-electron chi connectivity index (χ3n) is 8.03. The zero-order valence-electron chi connectivity index (χ0n) is 22.9. The molecule has 4 aromatic carbocycles. The molecule has 4 aromatic rings. The molecule has 1 atom stereocenters. The quantitative estimate of drug-likeness (QED) is 0.231. The SMILES string of the molecule is CCCOc1ccc(C2(c3ccc(Br)cc3)C=Cc3c(C)c(N4CCN(C)CC4)c4ccccc4c3O2)cc1. The summed E-state index contributed by atoms with van der Waals surface area (Å²) in [5, 5.41) is 2.40. The summed E-state index contributed by atoms with van der Waals surface area (Å²) in [6, 6.07) is 25.6. The second-order valence-electron chi connectivity index (χ2n) is 10.6. The van der Waals surface area contributed by atoms with E-state index < -0.39 is 5.60 Å². The van der Waals surface area contributed by atoms with Gasteiger partial charge in [-0.3, -0.25) is 0 Å². The molecule has 0 N–H and O–H groups in total. The highest BCUT2D eigenvalue weighted by atomic mass is 79.9. The van der Waals surface area contributed by atoms with Crippen molar-refractivity contribution in [3.8, 4) is 11.5 Å². The summed E-state index contributed by atoms with van der Waals surface area (Å²) < 4.78 is 14.2. The van der Waals surface area contributed by atoms with Crippen LogP contribution in [0.15, 0.2) is 83.3 Å². The Hall–Kier alpha value is -3.28. The Balaban J connectivity index is 1.51. The molecule has 200 valence electrons. The molecule has 1 saturated heterocycles. The molecule has 0 aromatic heterocycles. The Morgan fingerprint density at radius 2 is 1.51 bits per heavy atom. The molecule has 0 amide bonds. The lowest BCUT2D eigenvalue weighted by Crippen LogP contribution is -2.45. The van der Waals surface area contributed by atoms with E-state index in [-0.39, 0.29) is 0 Å². The van der Waals surface area contributed by atoms with E-state index >= 15 is 0 Å². The van der Waals surface area contributed by atoms with Gasteiger partial charge in [-0.1, -0.05) is 77.5 Å². The van der Waals surface area contributed by atoms with E-state index in [1.54, 1.807) is 0 Å². The third-order valence-corrected chi connectivity index (χ3v) is 8.56. The summed E-state index contributed by atoms with van der Waals surface area (Å²) in [5.41, 5.74) is 5.16. The first-order chi connectivity index (χ1) is 19.0. The summed E-state index contributed by atoms with van der Waals surface area (Å²) in [6.45, 7) is 9.28. The van der Waals surface area contributed by atoms with Gasteiger partial charge in [0, 0.05) is 63.8 Å². The maximum Gasteiger partial charge on any atom is 0.178 e. The minimum Gasteiger partial charge on any atom is -0.494 e. The Morgan fingerprint density at radius 1 is 0.872 bits per heavy atom. The molecule has 0 saturated carbocycles. The van der Waals surface area contributed by atoms with E-state index in [2.05, 4.69) is 132 Å². The van der Waals surface area contributed by atoms with E-state index in [9.17, 15) is 0 Å². The van der Waals surface area contributed by atoms with E-state index in [1.165, 1.54) is 22.2 Å². The standard InChI is InChI=1S/C34H35BrN2O2/c1-4-23-38-28-15-11-26(12-16-28)34(25-9-13-27(35)14-10-25)18-17-29-24(2)32(37-21-19-36(3)20-22-37)30-7-5-6-8-31(30)33(29)39-34/h5-18H,4,19-23H2,1-3H3.